The van der Waals surface area contributed by atoms with Gasteiger partial charge in [-0.2, -0.15) is 5.10 Å². The molecule has 1 saturated heterocycles. The fourth-order valence-electron chi connectivity index (χ4n) is 4.09. The molecular weight excluding hydrogens is 358 g/mol. The number of aromatic nitrogens is 2. The third-order valence-corrected chi connectivity index (χ3v) is 5.77. The zero-order valence-corrected chi connectivity index (χ0v) is 16.3. The van der Waals surface area contributed by atoms with E-state index in [1.807, 2.05) is 30.3 Å². The van der Waals surface area contributed by atoms with E-state index >= 15 is 0 Å². The molecule has 0 aliphatic carbocycles. The van der Waals surface area contributed by atoms with E-state index in [-0.39, 0.29) is 18.9 Å². The number of aliphatic hydroxyl groups is 1. The van der Waals surface area contributed by atoms with Gasteiger partial charge < -0.3 is 15.1 Å². The summed E-state index contributed by atoms with van der Waals surface area (Å²) in [7, 11) is 0. The Morgan fingerprint density at radius 2 is 2.00 bits per heavy atom. The van der Waals surface area contributed by atoms with E-state index in [1.54, 1.807) is 18.7 Å². The molecule has 0 radical (unpaired) electrons. The van der Waals surface area contributed by atoms with Crippen LogP contribution in [0.25, 0.3) is 0 Å². The molecular formula is C21H27N3O4. The quantitative estimate of drug-likeness (QED) is 0.708. The molecule has 1 aromatic heterocycles. The number of rotatable bonds is 6. The van der Waals surface area contributed by atoms with E-state index in [2.05, 4.69) is 10.2 Å². The summed E-state index contributed by atoms with van der Waals surface area (Å²) in [6, 6.07) is 9.86. The summed E-state index contributed by atoms with van der Waals surface area (Å²) in [5.74, 6) is -1.28. The molecule has 7 heteroatoms. The number of benzene rings is 1. The summed E-state index contributed by atoms with van der Waals surface area (Å²) in [5.41, 5.74) is 1.52. The molecule has 0 bridgehead atoms. The predicted molar refractivity (Wildman–Crippen MR) is 104 cm³/mol. The molecule has 28 heavy (non-hydrogen) atoms. The van der Waals surface area contributed by atoms with Crippen LogP contribution in [0.15, 0.2) is 30.3 Å². The maximum absolute atomic E-state index is 13.0. The third kappa shape index (κ3) is 3.80. The van der Waals surface area contributed by atoms with Crippen molar-refractivity contribution in [3.05, 3.63) is 52.8 Å². The Hall–Kier alpha value is -2.67. The van der Waals surface area contributed by atoms with Gasteiger partial charge in [-0.05, 0) is 45.1 Å². The molecule has 0 spiro atoms. The number of carbonyl (C=O) groups excluding carboxylic acids is 1. The van der Waals surface area contributed by atoms with Crippen LogP contribution in [0.5, 0.6) is 0 Å². The molecule has 0 unspecified atom stereocenters. The van der Waals surface area contributed by atoms with Crippen molar-refractivity contribution < 1.29 is 19.8 Å². The lowest BCUT2D eigenvalue weighted by Crippen LogP contribution is -2.57. The Balaban J connectivity index is 1.77. The number of nitrogens with zero attached hydrogens (tertiary/aromatic N) is 2. The number of carboxylic acid groups (broad SMARTS) is 1. The minimum Gasteiger partial charge on any atom is -0.481 e. The number of carbonyl (C=O) groups is 2. The lowest BCUT2D eigenvalue weighted by atomic mass is 9.73. The van der Waals surface area contributed by atoms with Crippen LogP contribution in [0.3, 0.4) is 0 Å². The summed E-state index contributed by atoms with van der Waals surface area (Å²) < 4.78 is 0. The molecule has 1 amide bonds. The van der Waals surface area contributed by atoms with Gasteiger partial charge in [0.15, 0.2) is 0 Å². The van der Waals surface area contributed by atoms with Gasteiger partial charge in [-0.3, -0.25) is 14.7 Å². The van der Waals surface area contributed by atoms with Gasteiger partial charge in [-0.1, -0.05) is 30.3 Å². The van der Waals surface area contributed by atoms with Crippen LogP contribution in [-0.2, 0) is 11.2 Å². The summed E-state index contributed by atoms with van der Waals surface area (Å²) in [4.78, 5) is 26.8. The van der Waals surface area contributed by atoms with E-state index in [0.717, 1.165) is 12.0 Å². The predicted octanol–water partition coefficient (Wildman–Crippen LogP) is 2.33. The van der Waals surface area contributed by atoms with Crippen molar-refractivity contribution in [1.82, 2.24) is 15.1 Å². The average molecular weight is 385 g/mol. The molecule has 0 saturated carbocycles. The van der Waals surface area contributed by atoms with Crippen molar-refractivity contribution in [3.63, 3.8) is 0 Å². The number of hydrogen-bond donors (Lipinski definition) is 3. The topological polar surface area (TPSA) is 107 Å². The van der Waals surface area contributed by atoms with Crippen molar-refractivity contribution in [1.29, 1.82) is 0 Å². The van der Waals surface area contributed by atoms with Gasteiger partial charge in [-0.15, -0.1) is 0 Å². The highest BCUT2D eigenvalue weighted by Gasteiger charge is 2.50. The van der Waals surface area contributed by atoms with E-state index < -0.39 is 17.5 Å². The highest BCUT2D eigenvalue weighted by Crippen LogP contribution is 2.37. The van der Waals surface area contributed by atoms with Crippen LogP contribution in [-0.4, -0.2) is 56.4 Å². The molecule has 2 heterocycles. The fourth-order valence-corrected chi connectivity index (χ4v) is 4.09. The highest BCUT2D eigenvalue weighted by atomic mass is 16.4. The molecule has 1 aliphatic heterocycles. The van der Waals surface area contributed by atoms with Crippen LogP contribution in [0.4, 0.5) is 0 Å². The maximum atomic E-state index is 13.0. The smallest absolute Gasteiger partial charge is 0.314 e. The molecule has 1 aliphatic rings. The molecule has 7 nitrogen and oxygen atoms in total. The minimum absolute atomic E-state index is 0.00117. The zero-order chi connectivity index (χ0) is 20.3. The second kappa shape index (κ2) is 8.14. The van der Waals surface area contributed by atoms with E-state index in [1.165, 1.54) is 0 Å². The highest BCUT2D eigenvalue weighted by molar-refractivity contribution is 5.96. The number of piperidine rings is 1. The normalized spacial score (nSPS) is 22.2. The maximum Gasteiger partial charge on any atom is 0.314 e. The first-order chi connectivity index (χ1) is 13.3. The number of H-pyrrole nitrogens is 1. The first kappa shape index (κ1) is 20.1. The first-order valence-electron chi connectivity index (χ1n) is 9.61. The van der Waals surface area contributed by atoms with Crippen molar-refractivity contribution in [3.8, 4) is 0 Å². The Morgan fingerprint density at radius 1 is 1.29 bits per heavy atom. The fraction of sp³-hybridized carbons (Fsp3) is 0.476. The number of carboxylic acids is 1. The molecule has 150 valence electrons. The first-order valence-corrected chi connectivity index (χ1v) is 9.61. The number of aliphatic hydroxyl groups excluding tert-OH is 1. The van der Waals surface area contributed by atoms with Gasteiger partial charge in [0.05, 0.1) is 17.4 Å². The Morgan fingerprint density at radius 3 is 2.61 bits per heavy atom. The van der Waals surface area contributed by atoms with Crippen molar-refractivity contribution >= 4 is 11.9 Å². The number of aryl methyl sites for hydroxylation is 3. The van der Waals surface area contributed by atoms with Crippen LogP contribution in [0.1, 0.15) is 46.6 Å². The molecule has 1 aromatic carbocycles. The van der Waals surface area contributed by atoms with Crippen LogP contribution in [0, 0.1) is 19.3 Å². The number of nitrogens with one attached hydrogen (secondary N) is 1. The summed E-state index contributed by atoms with van der Waals surface area (Å²) >= 11 is 0. The Labute approximate surface area is 164 Å². The van der Waals surface area contributed by atoms with Gasteiger partial charge in [0.2, 0.25) is 0 Å². The SMILES string of the molecule is Cc1n[nH]c(C)c1C(=O)N1CC[C@@H](O)[C@](CCCc2ccccc2)(C(=O)O)C1. The Bertz CT molecular complexity index is 829. The van der Waals surface area contributed by atoms with Crippen molar-refractivity contribution in [2.45, 2.75) is 45.6 Å². The molecule has 2 aromatic rings. The van der Waals surface area contributed by atoms with E-state index in [4.69, 9.17) is 0 Å². The molecule has 1 fully saturated rings. The standard InChI is InChI=1S/C21H27N3O4/c1-14-18(15(2)23-22-14)19(26)24-12-10-17(25)21(13-24,20(27)28)11-6-9-16-7-4-3-5-8-16/h3-5,7-8,17,25H,6,9-13H2,1-2H3,(H,22,23)(H,27,28)/t17-,21-/m1/s1. The summed E-state index contributed by atoms with van der Waals surface area (Å²) in [6.45, 7) is 3.86. The monoisotopic (exact) mass is 385 g/mol. The van der Waals surface area contributed by atoms with Gasteiger partial charge in [-0.25, -0.2) is 0 Å². The minimum atomic E-state index is -1.35. The second-order valence-corrected chi connectivity index (χ2v) is 7.64. The summed E-state index contributed by atoms with van der Waals surface area (Å²) in [5, 5.41) is 27.4. The van der Waals surface area contributed by atoms with Crippen LogP contribution < -0.4 is 0 Å². The van der Waals surface area contributed by atoms with Gasteiger partial charge in [0.25, 0.3) is 5.91 Å². The number of amides is 1. The zero-order valence-electron chi connectivity index (χ0n) is 16.3. The van der Waals surface area contributed by atoms with Crippen molar-refractivity contribution in [2.24, 2.45) is 5.41 Å². The average Bonchev–Trinajstić information content (AvgIpc) is 3.01. The van der Waals surface area contributed by atoms with E-state index in [9.17, 15) is 19.8 Å². The van der Waals surface area contributed by atoms with Crippen LogP contribution >= 0.6 is 0 Å². The Kier molecular flexibility index (Phi) is 5.84. The number of aromatic amines is 1. The molecule has 3 rings (SSSR count). The summed E-state index contributed by atoms with van der Waals surface area (Å²) in [6.07, 6.45) is 0.942. The van der Waals surface area contributed by atoms with Gasteiger partial charge in [0, 0.05) is 18.8 Å². The number of hydrogen-bond acceptors (Lipinski definition) is 4. The van der Waals surface area contributed by atoms with Crippen LogP contribution in [0.2, 0.25) is 0 Å². The third-order valence-electron chi connectivity index (χ3n) is 5.77. The second-order valence-electron chi connectivity index (χ2n) is 7.64. The largest absolute Gasteiger partial charge is 0.481 e. The lowest BCUT2D eigenvalue weighted by Gasteiger charge is -2.43. The molecule has 3 N–H and O–H groups in total. The van der Waals surface area contributed by atoms with E-state index in [0.29, 0.717) is 36.3 Å². The van der Waals surface area contributed by atoms with Crippen molar-refractivity contribution in [2.75, 3.05) is 13.1 Å². The van der Waals surface area contributed by atoms with Gasteiger partial charge >= 0.3 is 5.97 Å². The van der Waals surface area contributed by atoms with Gasteiger partial charge in [0.1, 0.15) is 5.41 Å². The molecule has 2 atom stereocenters. The lowest BCUT2D eigenvalue weighted by molar-refractivity contribution is -0.162. The number of likely N-dealkylation sites (tertiary alicyclic amines) is 1. The number of aliphatic carboxylic acids is 1.